The highest BCUT2D eigenvalue weighted by molar-refractivity contribution is 5.34. The first kappa shape index (κ1) is 14.3. The summed E-state index contributed by atoms with van der Waals surface area (Å²) in [5.74, 6) is 1.75. The van der Waals surface area contributed by atoms with Crippen molar-refractivity contribution in [2.24, 2.45) is 11.8 Å². The van der Waals surface area contributed by atoms with E-state index in [1.54, 1.807) is 6.20 Å². The fourth-order valence-corrected chi connectivity index (χ4v) is 2.93. The molecule has 0 aliphatic carbocycles. The minimum absolute atomic E-state index is 0.748. The molecule has 1 aliphatic heterocycles. The summed E-state index contributed by atoms with van der Waals surface area (Å²) in [7, 11) is 0. The van der Waals surface area contributed by atoms with Gasteiger partial charge in [-0.2, -0.15) is 0 Å². The van der Waals surface area contributed by atoms with Gasteiger partial charge in [0.25, 0.3) is 0 Å². The van der Waals surface area contributed by atoms with Gasteiger partial charge in [-0.1, -0.05) is 13.8 Å². The zero-order valence-electron chi connectivity index (χ0n) is 12.3. The van der Waals surface area contributed by atoms with Crippen LogP contribution in [0.25, 0.3) is 0 Å². The zero-order chi connectivity index (χ0) is 13.7. The predicted molar refractivity (Wildman–Crippen MR) is 81.0 cm³/mol. The number of rotatable bonds is 4. The highest BCUT2D eigenvalue weighted by Crippen LogP contribution is 2.24. The molecule has 1 aliphatic rings. The maximum atomic E-state index is 5.66. The number of hydrogen-bond donors (Lipinski definition) is 1. The first-order chi connectivity index (χ1) is 9.15. The lowest BCUT2D eigenvalue weighted by molar-refractivity contribution is 0.274. The van der Waals surface area contributed by atoms with Gasteiger partial charge in [0.15, 0.2) is 0 Å². The van der Waals surface area contributed by atoms with Crippen molar-refractivity contribution >= 4 is 5.69 Å². The van der Waals surface area contributed by atoms with Gasteiger partial charge in [-0.3, -0.25) is 4.98 Å². The highest BCUT2D eigenvalue weighted by Gasteiger charge is 2.19. The van der Waals surface area contributed by atoms with Gasteiger partial charge in [-0.05, 0) is 56.3 Å². The molecule has 1 fully saturated rings. The van der Waals surface area contributed by atoms with Crippen LogP contribution in [0, 0.1) is 11.8 Å². The Hall–Kier alpha value is -1.09. The Balaban J connectivity index is 1.78. The molecule has 1 saturated heterocycles. The second-order valence-corrected chi connectivity index (χ2v) is 6.11. The first-order valence-corrected chi connectivity index (χ1v) is 7.58. The molecule has 106 valence electrons. The van der Waals surface area contributed by atoms with Crippen LogP contribution in [0.5, 0.6) is 0 Å². The van der Waals surface area contributed by atoms with Crippen molar-refractivity contribution in [2.75, 3.05) is 25.4 Å². The average Bonchev–Trinajstić information content (AvgIpc) is 2.63. The Bertz CT molecular complexity index is 372. The van der Waals surface area contributed by atoms with Crippen LogP contribution in [0.4, 0.5) is 5.69 Å². The van der Waals surface area contributed by atoms with Crippen molar-refractivity contribution in [1.82, 2.24) is 9.88 Å². The number of hydrogen-bond acceptors (Lipinski definition) is 3. The zero-order valence-corrected chi connectivity index (χ0v) is 12.3. The number of anilines is 1. The third-order valence-corrected chi connectivity index (χ3v) is 4.34. The average molecular weight is 261 g/mol. The number of pyridine rings is 1. The van der Waals surface area contributed by atoms with Crippen molar-refractivity contribution < 1.29 is 0 Å². The molecule has 0 aromatic carbocycles. The third-order valence-electron chi connectivity index (χ3n) is 4.34. The summed E-state index contributed by atoms with van der Waals surface area (Å²) >= 11 is 0. The molecule has 2 rings (SSSR count). The summed E-state index contributed by atoms with van der Waals surface area (Å²) in [4.78, 5) is 6.98. The molecule has 0 bridgehead atoms. The van der Waals surface area contributed by atoms with E-state index in [9.17, 15) is 0 Å². The molecule has 0 spiro atoms. The van der Waals surface area contributed by atoms with Crippen molar-refractivity contribution in [2.45, 2.75) is 39.5 Å². The van der Waals surface area contributed by atoms with E-state index in [1.807, 2.05) is 12.1 Å². The van der Waals surface area contributed by atoms with Gasteiger partial charge in [0.1, 0.15) is 0 Å². The van der Waals surface area contributed by atoms with E-state index in [0.29, 0.717) is 0 Å². The number of aromatic nitrogens is 1. The fourth-order valence-electron chi connectivity index (χ4n) is 2.93. The minimum Gasteiger partial charge on any atom is -0.397 e. The van der Waals surface area contributed by atoms with E-state index in [4.69, 9.17) is 5.73 Å². The van der Waals surface area contributed by atoms with Gasteiger partial charge in [0.05, 0.1) is 11.9 Å². The van der Waals surface area contributed by atoms with Crippen molar-refractivity contribution in [3.05, 3.63) is 24.0 Å². The summed E-state index contributed by atoms with van der Waals surface area (Å²) in [6.07, 6.45) is 6.89. The van der Waals surface area contributed by atoms with Crippen molar-refractivity contribution in [3.8, 4) is 0 Å². The summed E-state index contributed by atoms with van der Waals surface area (Å²) in [5, 5.41) is 0. The summed E-state index contributed by atoms with van der Waals surface area (Å²) in [6, 6.07) is 3.99. The Morgan fingerprint density at radius 1 is 1.32 bits per heavy atom. The molecular weight excluding hydrogens is 234 g/mol. The topological polar surface area (TPSA) is 42.1 Å². The molecule has 0 amide bonds. The van der Waals surface area contributed by atoms with Crippen LogP contribution in [0.1, 0.15) is 38.8 Å². The Labute approximate surface area is 117 Å². The lowest BCUT2D eigenvalue weighted by Crippen LogP contribution is -2.27. The van der Waals surface area contributed by atoms with Crippen LogP contribution < -0.4 is 5.73 Å². The maximum Gasteiger partial charge on any atom is 0.0501 e. The molecule has 19 heavy (non-hydrogen) atoms. The Kier molecular flexibility index (Phi) is 5.20. The molecule has 2 heterocycles. The molecule has 1 unspecified atom stereocenters. The van der Waals surface area contributed by atoms with Crippen LogP contribution in [0.3, 0.4) is 0 Å². The predicted octanol–water partition coefficient (Wildman–Crippen LogP) is 2.96. The Morgan fingerprint density at radius 2 is 2.16 bits per heavy atom. The number of nitrogens with two attached hydrogens (primary N) is 1. The smallest absolute Gasteiger partial charge is 0.0501 e. The second-order valence-electron chi connectivity index (χ2n) is 6.11. The van der Waals surface area contributed by atoms with Gasteiger partial charge in [-0.25, -0.2) is 0 Å². The molecule has 1 aromatic heterocycles. The quantitative estimate of drug-likeness (QED) is 0.906. The largest absolute Gasteiger partial charge is 0.397 e. The Morgan fingerprint density at radius 3 is 2.84 bits per heavy atom. The molecule has 1 atom stereocenters. The van der Waals surface area contributed by atoms with E-state index in [0.717, 1.165) is 36.2 Å². The van der Waals surface area contributed by atoms with Crippen LogP contribution >= 0.6 is 0 Å². The summed E-state index contributed by atoms with van der Waals surface area (Å²) < 4.78 is 0. The van der Waals surface area contributed by atoms with Crippen LogP contribution in [0.2, 0.25) is 0 Å². The van der Waals surface area contributed by atoms with Gasteiger partial charge in [0, 0.05) is 18.7 Å². The van der Waals surface area contributed by atoms with E-state index in [2.05, 4.69) is 23.7 Å². The fraction of sp³-hybridized carbons (Fsp3) is 0.688. The molecule has 0 saturated carbocycles. The van der Waals surface area contributed by atoms with E-state index in [1.165, 1.54) is 32.4 Å². The van der Waals surface area contributed by atoms with Crippen LogP contribution in [-0.2, 0) is 6.42 Å². The molecule has 3 nitrogen and oxygen atoms in total. The molecule has 2 N–H and O–H groups in total. The molecule has 3 heteroatoms. The standard InChI is InChI=1S/C16H27N3/c1-13(2)14-4-3-9-19(10-7-14)11-8-16-6-5-15(17)12-18-16/h5-6,12-14H,3-4,7-11,17H2,1-2H3. The lowest BCUT2D eigenvalue weighted by Gasteiger charge is -2.21. The van der Waals surface area contributed by atoms with Gasteiger partial charge in [0.2, 0.25) is 0 Å². The lowest BCUT2D eigenvalue weighted by atomic mass is 9.89. The minimum atomic E-state index is 0.748. The van der Waals surface area contributed by atoms with E-state index < -0.39 is 0 Å². The normalized spacial score (nSPS) is 21.5. The monoisotopic (exact) mass is 261 g/mol. The van der Waals surface area contributed by atoms with Gasteiger partial charge in [-0.15, -0.1) is 0 Å². The van der Waals surface area contributed by atoms with Gasteiger partial charge < -0.3 is 10.6 Å². The van der Waals surface area contributed by atoms with Crippen LogP contribution in [-0.4, -0.2) is 29.5 Å². The third kappa shape index (κ3) is 4.50. The molecular formula is C16H27N3. The summed E-state index contributed by atoms with van der Waals surface area (Å²) in [6.45, 7) is 8.34. The second kappa shape index (κ2) is 6.90. The van der Waals surface area contributed by atoms with Crippen LogP contribution in [0.15, 0.2) is 18.3 Å². The first-order valence-electron chi connectivity index (χ1n) is 7.58. The van der Waals surface area contributed by atoms with E-state index >= 15 is 0 Å². The van der Waals surface area contributed by atoms with Crippen molar-refractivity contribution in [1.29, 1.82) is 0 Å². The number of likely N-dealkylation sites (tertiary alicyclic amines) is 1. The number of nitrogen functional groups attached to an aromatic ring is 1. The van der Waals surface area contributed by atoms with Gasteiger partial charge >= 0.3 is 0 Å². The SMILES string of the molecule is CC(C)C1CCCN(CCc2ccc(N)cn2)CC1. The molecule has 0 radical (unpaired) electrons. The van der Waals surface area contributed by atoms with Crippen molar-refractivity contribution in [3.63, 3.8) is 0 Å². The molecule has 1 aromatic rings. The highest BCUT2D eigenvalue weighted by atomic mass is 15.1. The summed E-state index contributed by atoms with van der Waals surface area (Å²) in [5.41, 5.74) is 7.56. The maximum absolute atomic E-state index is 5.66. The number of nitrogens with zero attached hydrogens (tertiary/aromatic N) is 2. The van der Waals surface area contributed by atoms with E-state index in [-0.39, 0.29) is 0 Å².